The van der Waals surface area contributed by atoms with Crippen molar-refractivity contribution in [3.05, 3.63) is 72.0 Å². The van der Waals surface area contributed by atoms with Crippen molar-refractivity contribution in [1.29, 1.82) is 0 Å². The van der Waals surface area contributed by atoms with Gasteiger partial charge in [-0.2, -0.15) is 28.3 Å². The highest BCUT2D eigenvalue weighted by Crippen LogP contribution is 2.45. The van der Waals surface area contributed by atoms with E-state index in [0.717, 1.165) is 19.2 Å². The van der Waals surface area contributed by atoms with E-state index in [-0.39, 0.29) is 22.5 Å². The standard InChI is InChI=1S/C24H20ClF3N10/c1-13-6-15(13)7-20(36-10-16(9-32-36)23-30-11-33-38(23)24(27)28)18-4-2-14(8-29-18)21-19(37-12-31-34-35-37)5-3-17(25)22(21)26/h2-5,8-13,15,20,24H,6-7H2,1H3. The fourth-order valence-electron chi connectivity index (χ4n) is 4.63. The molecule has 1 aliphatic carbocycles. The third-order valence-corrected chi connectivity index (χ3v) is 7.12. The maximum absolute atomic E-state index is 15.2. The summed E-state index contributed by atoms with van der Waals surface area (Å²) in [5.74, 6) is 0.473. The number of tetrazole rings is 1. The maximum atomic E-state index is 15.2. The molecule has 194 valence electrons. The van der Waals surface area contributed by atoms with Crippen molar-refractivity contribution < 1.29 is 13.2 Å². The van der Waals surface area contributed by atoms with Gasteiger partial charge in [-0.15, -0.1) is 5.10 Å². The summed E-state index contributed by atoms with van der Waals surface area (Å²) in [4.78, 5) is 8.63. The number of alkyl halides is 2. The first-order valence-electron chi connectivity index (χ1n) is 11.8. The third kappa shape index (κ3) is 4.42. The van der Waals surface area contributed by atoms with Gasteiger partial charge in [0.1, 0.15) is 12.7 Å². The van der Waals surface area contributed by atoms with Gasteiger partial charge in [0.15, 0.2) is 11.6 Å². The first-order chi connectivity index (χ1) is 18.4. The van der Waals surface area contributed by atoms with Crippen LogP contribution >= 0.6 is 11.6 Å². The van der Waals surface area contributed by atoms with E-state index in [1.165, 1.54) is 23.3 Å². The van der Waals surface area contributed by atoms with Crippen LogP contribution in [0.3, 0.4) is 0 Å². The second-order valence-corrected chi connectivity index (χ2v) is 9.63. The number of hydrogen-bond donors (Lipinski definition) is 0. The van der Waals surface area contributed by atoms with Gasteiger partial charge in [0.05, 0.1) is 34.2 Å². The van der Waals surface area contributed by atoms with Gasteiger partial charge in [0.25, 0.3) is 0 Å². The molecule has 0 radical (unpaired) electrons. The first kappa shape index (κ1) is 24.2. The van der Waals surface area contributed by atoms with Crippen molar-refractivity contribution in [2.24, 2.45) is 11.8 Å². The number of aromatic nitrogens is 10. The molecule has 4 aromatic heterocycles. The first-order valence-corrected chi connectivity index (χ1v) is 12.2. The topological polar surface area (TPSA) is 105 Å². The van der Waals surface area contributed by atoms with Gasteiger partial charge in [0.2, 0.25) is 0 Å². The molecule has 0 aliphatic heterocycles. The van der Waals surface area contributed by atoms with Gasteiger partial charge in [-0.05, 0) is 53.3 Å². The van der Waals surface area contributed by atoms with Crippen LogP contribution in [0.1, 0.15) is 38.1 Å². The lowest BCUT2D eigenvalue weighted by atomic mass is 10.0. The van der Waals surface area contributed by atoms with Crippen LogP contribution in [-0.2, 0) is 0 Å². The summed E-state index contributed by atoms with van der Waals surface area (Å²) >= 11 is 6.09. The molecule has 0 saturated heterocycles. The molecule has 0 spiro atoms. The Hall–Kier alpha value is -4.13. The van der Waals surface area contributed by atoms with Crippen LogP contribution in [-0.4, -0.2) is 49.7 Å². The minimum absolute atomic E-state index is 0.0275. The minimum Gasteiger partial charge on any atom is -0.263 e. The molecule has 3 atom stereocenters. The Labute approximate surface area is 219 Å². The van der Waals surface area contributed by atoms with Gasteiger partial charge in [-0.25, -0.2) is 9.37 Å². The van der Waals surface area contributed by atoms with Crippen molar-refractivity contribution >= 4 is 11.6 Å². The van der Waals surface area contributed by atoms with E-state index in [2.05, 4.69) is 42.6 Å². The molecule has 3 unspecified atom stereocenters. The van der Waals surface area contributed by atoms with E-state index >= 15 is 4.39 Å². The third-order valence-electron chi connectivity index (χ3n) is 6.82. The van der Waals surface area contributed by atoms with Crippen molar-refractivity contribution in [3.63, 3.8) is 0 Å². The number of rotatable bonds is 8. The average Bonchev–Trinajstić information content (AvgIpc) is 3.44. The van der Waals surface area contributed by atoms with E-state index in [4.69, 9.17) is 11.6 Å². The number of pyridine rings is 1. The SMILES string of the molecule is CC1CC1CC(c1ccc(-c2c(-n3cnnn3)ccc(Cl)c2F)cn1)n1cc(-c2ncnn2C(F)F)cn1. The summed E-state index contributed by atoms with van der Waals surface area (Å²) in [6.45, 7) is -0.640. The summed E-state index contributed by atoms with van der Waals surface area (Å²) < 4.78 is 45.5. The van der Waals surface area contributed by atoms with Crippen LogP contribution in [0, 0.1) is 17.7 Å². The van der Waals surface area contributed by atoms with Gasteiger partial charge in [-0.3, -0.25) is 9.67 Å². The Bertz CT molecular complexity index is 1560. The lowest BCUT2D eigenvalue weighted by molar-refractivity contribution is 0.0582. The summed E-state index contributed by atoms with van der Waals surface area (Å²) in [5.41, 5.74) is 2.23. The van der Waals surface area contributed by atoms with Gasteiger partial charge >= 0.3 is 6.55 Å². The minimum atomic E-state index is -2.82. The zero-order valence-corrected chi connectivity index (χ0v) is 20.7. The van der Waals surface area contributed by atoms with Crippen LogP contribution in [0.4, 0.5) is 13.2 Å². The highest BCUT2D eigenvalue weighted by atomic mass is 35.5. The highest BCUT2D eigenvalue weighted by Gasteiger charge is 2.36. The predicted octanol–water partition coefficient (Wildman–Crippen LogP) is 5.00. The van der Waals surface area contributed by atoms with Gasteiger partial charge < -0.3 is 0 Å². The molecule has 38 heavy (non-hydrogen) atoms. The molecular formula is C24H20ClF3N10. The molecule has 0 N–H and O–H groups in total. The molecule has 1 fully saturated rings. The Morgan fingerprint density at radius 2 is 1.92 bits per heavy atom. The fraction of sp³-hybridized carbons (Fsp3) is 0.292. The van der Waals surface area contributed by atoms with Crippen molar-refractivity contribution in [3.8, 4) is 28.2 Å². The summed E-state index contributed by atoms with van der Waals surface area (Å²) in [5, 5.41) is 19.2. The molecule has 0 bridgehead atoms. The summed E-state index contributed by atoms with van der Waals surface area (Å²) in [6.07, 6.45) is 9.02. The van der Waals surface area contributed by atoms with Crippen LogP contribution in [0.5, 0.6) is 0 Å². The quantitative estimate of drug-likeness (QED) is 0.272. The zero-order valence-electron chi connectivity index (χ0n) is 19.9. The molecule has 4 heterocycles. The average molecular weight is 541 g/mol. The Morgan fingerprint density at radius 3 is 2.61 bits per heavy atom. The molecule has 1 saturated carbocycles. The van der Waals surface area contributed by atoms with Crippen LogP contribution < -0.4 is 0 Å². The maximum Gasteiger partial charge on any atom is 0.335 e. The number of hydrogen-bond acceptors (Lipinski definition) is 7. The smallest absolute Gasteiger partial charge is 0.263 e. The molecular weight excluding hydrogens is 521 g/mol. The summed E-state index contributed by atoms with van der Waals surface area (Å²) in [6, 6.07) is 6.37. The Balaban J connectivity index is 1.36. The molecule has 5 aromatic rings. The predicted molar refractivity (Wildman–Crippen MR) is 130 cm³/mol. The van der Waals surface area contributed by atoms with Crippen molar-refractivity contribution in [1.82, 2.24) is 49.7 Å². The molecule has 1 aromatic carbocycles. The second-order valence-electron chi connectivity index (χ2n) is 9.22. The largest absolute Gasteiger partial charge is 0.335 e. The number of benzene rings is 1. The van der Waals surface area contributed by atoms with E-state index in [1.54, 1.807) is 35.3 Å². The van der Waals surface area contributed by atoms with E-state index in [0.29, 0.717) is 39.0 Å². The fourth-order valence-corrected chi connectivity index (χ4v) is 4.79. The van der Waals surface area contributed by atoms with Crippen molar-refractivity contribution in [2.45, 2.75) is 32.4 Å². The molecule has 14 heteroatoms. The number of halogens is 4. The summed E-state index contributed by atoms with van der Waals surface area (Å²) in [7, 11) is 0. The van der Waals surface area contributed by atoms with Gasteiger partial charge in [-0.1, -0.05) is 24.6 Å². The van der Waals surface area contributed by atoms with Gasteiger partial charge in [0, 0.05) is 23.5 Å². The Kier molecular flexibility index (Phi) is 6.14. The van der Waals surface area contributed by atoms with Crippen LogP contribution in [0.25, 0.3) is 28.2 Å². The van der Waals surface area contributed by atoms with Crippen LogP contribution in [0.2, 0.25) is 5.02 Å². The number of nitrogens with zero attached hydrogens (tertiary/aromatic N) is 10. The van der Waals surface area contributed by atoms with E-state index < -0.39 is 12.4 Å². The normalized spacial score (nSPS) is 17.7. The van der Waals surface area contributed by atoms with Crippen LogP contribution in [0.15, 0.2) is 55.5 Å². The highest BCUT2D eigenvalue weighted by molar-refractivity contribution is 6.31. The second kappa shape index (κ2) is 9.63. The zero-order chi connectivity index (χ0) is 26.4. The molecule has 6 rings (SSSR count). The monoisotopic (exact) mass is 540 g/mol. The molecule has 0 amide bonds. The lowest BCUT2D eigenvalue weighted by Crippen LogP contribution is -2.14. The Morgan fingerprint density at radius 1 is 1.08 bits per heavy atom. The van der Waals surface area contributed by atoms with Crippen molar-refractivity contribution in [2.75, 3.05) is 0 Å². The van der Waals surface area contributed by atoms with E-state index in [1.807, 2.05) is 0 Å². The lowest BCUT2D eigenvalue weighted by Gasteiger charge is -2.18. The molecule has 10 nitrogen and oxygen atoms in total. The molecule has 1 aliphatic rings. The van der Waals surface area contributed by atoms with E-state index in [9.17, 15) is 8.78 Å².